The molecule has 1 atom stereocenters. The first-order valence-electron chi connectivity index (χ1n) is 4.57. The van der Waals surface area contributed by atoms with Gasteiger partial charge in [-0.05, 0) is 46.9 Å². The highest BCUT2D eigenvalue weighted by molar-refractivity contribution is 14.1. The molecule has 1 aromatic heterocycles. The molecule has 90 valence electrons. The Morgan fingerprint density at radius 2 is 1.94 bits per heavy atom. The van der Waals surface area contributed by atoms with Crippen molar-refractivity contribution < 1.29 is 5.11 Å². The standard InChI is InChI=1S/C11H6BrCl2IOS/c12-8-2-1-5(15)3-6(8)10(16)7-4-9(13)17-11(7)14/h1-4,10,16H. The molecule has 0 bridgehead atoms. The molecular weight excluding hydrogens is 458 g/mol. The predicted molar refractivity (Wildman–Crippen MR) is 85.3 cm³/mol. The maximum absolute atomic E-state index is 10.3. The molecule has 0 aliphatic rings. The van der Waals surface area contributed by atoms with Crippen molar-refractivity contribution in [1.82, 2.24) is 0 Å². The van der Waals surface area contributed by atoms with Gasteiger partial charge >= 0.3 is 0 Å². The zero-order valence-corrected chi connectivity index (χ0v) is 14.3. The van der Waals surface area contributed by atoms with Gasteiger partial charge in [0, 0.05) is 19.2 Å². The number of aliphatic hydroxyl groups is 1. The van der Waals surface area contributed by atoms with Crippen molar-refractivity contribution in [1.29, 1.82) is 0 Å². The molecule has 2 rings (SSSR count). The van der Waals surface area contributed by atoms with Crippen LogP contribution in [-0.2, 0) is 0 Å². The smallest absolute Gasteiger partial charge is 0.107 e. The van der Waals surface area contributed by atoms with Crippen LogP contribution in [0.15, 0.2) is 28.7 Å². The van der Waals surface area contributed by atoms with Gasteiger partial charge in [-0.1, -0.05) is 39.1 Å². The third-order valence-corrected chi connectivity index (χ3v) is 5.14. The monoisotopic (exact) mass is 462 g/mol. The van der Waals surface area contributed by atoms with E-state index in [1.807, 2.05) is 18.2 Å². The number of thiophene rings is 1. The summed E-state index contributed by atoms with van der Waals surface area (Å²) in [5, 5.41) is 10.3. The second-order valence-electron chi connectivity index (χ2n) is 3.35. The summed E-state index contributed by atoms with van der Waals surface area (Å²) in [6.07, 6.45) is -0.768. The Bertz CT molecular complexity index is 558. The molecule has 0 aliphatic heterocycles. The molecule has 1 unspecified atom stereocenters. The van der Waals surface area contributed by atoms with Crippen LogP contribution in [0.5, 0.6) is 0 Å². The number of hydrogen-bond acceptors (Lipinski definition) is 2. The Morgan fingerprint density at radius 1 is 1.24 bits per heavy atom. The van der Waals surface area contributed by atoms with E-state index in [1.54, 1.807) is 6.07 Å². The van der Waals surface area contributed by atoms with Crippen molar-refractivity contribution in [2.45, 2.75) is 6.10 Å². The highest BCUT2D eigenvalue weighted by Crippen LogP contribution is 2.39. The molecule has 17 heavy (non-hydrogen) atoms. The van der Waals surface area contributed by atoms with Gasteiger partial charge in [0.25, 0.3) is 0 Å². The van der Waals surface area contributed by atoms with Crippen LogP contribution in [0, 0.1) is 3.57 Å². The molecule has 0 amide bonds. The fourth-order valence-corrected chi connectivity index (χ4v) is 3.93. The van der Waals surface area contributed by atoms with E-state index in [0.29, 0.717) is 14.2 Å². The van der Waals surface area contributed by atoms with Gasteiger partial charge in [-0.25, -0.2) is 0 Å². The number of aliphatic hydroxyl groups excluding tert-OH is 1. The lowest BCUT2D eigenvalue weighted by molar-refractivity contribution is 0.220. The van der Waals surface area contributed by atoms with Gasteiger partial charge < -0.3 is 5.11 Å². The Balaban J connectivity index is 2.46. The van der Waals surface area contributed by atoms with Gasteiger partial charge in [0.1, 0.15) is 10.4 Å². The molecular formula is C11H6BrCl2IOS. The van der Waals surface area contributed by atoms with Gasteiger partial charge in [0.15, 0.2) is 0 Å². The lowest BCUT2D eigenvalue weighted by atomic mass is 10.0. The Hall–Kier alpha value is 0.670. The van der Waals surface area contributed by atoms with E-state index in [0.717, 1.165) is 13.6 Å². The minimum absolute atomic E-state index is 0.522. The fourth-order valence-electron chi connectivity index (χ4n) is 1.43. The van der Waals surface area contributed by atoms with Crippen molar-refractivity contribution >= 4 is 73.1 Å². The van der Waals surface area contributed by atoms with Gasteiger partial charge in [-0.2, -0.15) is 0 Å². The third-order valence-electron chi connectivity index (χ3n) is 2.23. The molecule has 6 heteroatoms. The highest BCUT2D eigenvalue weighted by Gasteiger charge is 2.19. The summed E-state index contributed by atoms with van der Waals surface area (Å²) in [4.78, 5) is 0. The molecule has 0 saturated heterocycles. The molecule has 0 aliphatic carbocycles. The SMILES string of the molecule is OC(c1cc(I)ccc1Br)c1cc(Cl)sc1Cl. The maximum Gasteiger partial charge on any atom is 0.107 e. The number of halogens is 4. The van der Waals surface area contributed by atoms with E-state index in [2.05, 4.69) is 38.5 Å². The second-order valence-corrected chi connectivity index (χ2v) is 7.73. The zero-order valence-electron chi connectivity index (χ0n) is 8.25. The number of hydrogen-bond donors (Lipinski definition) is 1. The molecule has 0 saturated carbocycles. The topological polar surface area (TPSA) is 20.2 Å². The van der Waals surface area contributed by atoms with Crippen LogP contribution in [0.25, 0.3) is 0 Å². The molecule has 1 N–H and O–H groups in total. The molecule has 0 spiro atoms. The van der Waals surface area contributed by atoms with E-state index in [1.165, 1.54) is 11.3 Å². The molecule has 1 heterocycles. The van der Waals surface area contributed by atoms with Crippen LogP contribution in [0.3, 0.4) is 0 Å². The predicted octanol–water partition coefficient (Wildman–Crippen LogP) is 5.50. The van der Waals surface area contributed by atoms with Crippen LogP contribution in [-0.4, -0.2) is 5.11 Å². The van der Waals surface area contributed by atoms with Gasteiger partial charge in [-0.15, -0.1) is 11.3 Å². The van der Waals surface area contributed by atoms with Crippen molar-refractivity contribution in [2.75, 3.05) is 0 Å². The Labute approximate surface area is 135 Å². The summed E-state index contributed by atoms with van der Waals surface area (Å²) in [5.41, 5.74) is 1.43. The van der Waals surface area contributed by atoms with E-state index in [9.17, 15) is 5.11 Å². The first-order valence-corrected chi connectivity index (χ1v) is 8.01. The van der Waals surface area contributed by atoms with E-state index in [-0.39, 0.29) is 0 Å². The van der Waals surface area contributed by atoms with Crippen LogP contribution in [0.4, 0.5) is 0 Å². The Kier molecular flexibility index (Phi) is 4.77. The van der Waals surface area contributed by atoms with Crippen LogP contribution >= 0.6 is 73.1 Å². The van der Waals surface area contributed by atoms with Gasteiger partial charge in [0.2, 0.25) is 0 Å². The average Bonchev–Trinajstić information content (AvgIpc) is 2.60. The van der Waals surface area contributed by atoms with E-state index >= 15 is 0 Å². The molecule has 0 radical (unpaired) electrons. The fraction of sp³-hybridized carbons (Fsp3) is 0.0909. The first-order chi connectivity index (χ1) is 7.99. The quantitative estimate of drug-likeness (QED) is 0.583. The van der Waals surface area contributed by atoms with Gasteiger partial charge in [-0.3, -0.25) is 0 Å². The Morgan fingerprint density at radius 3 is 2.53 bits per heavy atom. The average molecular weight is 464 g/mol. The van der Waals surface area contributed by atoms with Crippen molar-refractivity contribution in [3.63, 3.8) is 0 Å². The molecule has 1 nitrogen and oxygen atoms in total. The summed E-state index contributed by atoms with van der Waals surface area (Å²) in [6, 6.07) is 7.48. The lowest BCUT2D eigenvalue weighted by Gasteiger charge is -2.12. The zero-order chi connectivity index (χ0) is 12.6. The largest absolute Gasteiger partial charge is 0.384 e. The maximum atomic E-state index is 10.3. The summed E-state index contributed by atoms with van der Waals surface area (Å²) in [5.74, 6) is 0. The van der Waals surface area contributed by atoms with Crippen LogP contribution < -0.4 is 0 Å². The van der Waals surface area contributed by atoms with E-state index < -0.39 is 6.10 Å². The first kappa shape index (κ1) is 14.1. The molecule has 2 aromatic rings. The normalized spacial score (nSPS) is 12.8. The van der Waals surface area contributed by atoms with Crippen molar-refractivity contribution in [3.05, 3.63) is 52.1 Å². The van der Waals surface area contributed by atoms with Gasteiger partial charge in [0.05, 0.1) is 4.34 Å². The van der Waals surface area contributed by atoms with Crippen molar-refractivity contribution in [3.8, 4) is 0 Å². The third kappa shape index (κ3) is 3.16. The molecule has 1 aromatic carbocycles. The summed E-state index contributed by atoms with van der Waals surface area (Å²) in [7, 11) is 0. The summed E-state index contributed by atoms with van der Waals surface area (Å²) in [6.45, 7) is 0. The molecule has 0 fully saturated rings. The second kappa shape index (κ2) is 5.75. The van der Waals surface area contributed by atoms with Crippen molar-refractivity contribution in [2.24, 2.45) is 0 Å². The van der Waals surface area contributed by atoms with Crippen LogP contribution in [0.2, 0.25) is 8.67 Å². The lowest BCUT2D eigenvalue weighted by Crippen LogP contribution is -2.00. The van der Waals surface area contributed by atoms with Crippen LogP contribution in [0.1, 0.15) is 17.2 Å². The minimum atomic E-state index is -0.768. The number of rotatable bonds is 2. The van der Waals surface area contributed by atoms with E-state index in [4.69, 9.17) is 23.2 Å². The highest BCUT2D eigenvalue weighted by atomic mass is 127. The summed E-state index contributed by atoms with van der Waals surface area (Å²) < 4.78 is 3.00. The minimum Gasteiger partial charge on any atom is -0.384 e. The number of benzene rings is 1. The summed E-state index contributed by atoms with van der Waals surface area (Å²) >= 11 is 18.8.